The monoisotopic (exact) mass is 373 g/mol. The highest BCUT2D eigenvalue weighted by atomic mass is 35.5. The average Bonchev–Trinajstić information content (AvgIpc) is 2.70. The summed E-state index contributed by atoms with van der Waals surface area (Å²) in [4.78, 5) is 17.7. The predicted octanol–water partition coefficient (Wildman–Crippen LogP) is 5.39. The highest BCUT2D eigenvalue weighted by molar-refractivity contribution is 6.34. The number of para-hydroxylation sites is 1. The van der Waals surface area contributed by atoms with Crippen molar-refractivity contribution in [2.24, 2.45) is 0 Å². The van der Waals surface area contributed by atoms with Crippen LogP contribution in [0.5, 0.6) is 0 Å². The number of pyridine rings is 1. The first-order valence-corrected chi connectivity index (χ1v) is 8.81. The largest absolute Gasteiger partial charge is 0.399 e. The first-order chi connectivity index (χ1) is 13.1. The molecule has 0 atom stereocenters. The van der Waals surface area contributed by atoms with Crippen LogP contribution in [0.3, 0.4) is 0 Å². The highest BCUT2D eigenvalue weighted by Crippen LogP contribution is 2.28. The average molecular weight is 374 g/mol. The van der Waals surface area contributed by atoms with Crippen LogP contribution in [-0.2, 0) is 0 Å². The zero-order valence-corrected chi connectivity index (χ0v) is 15.1. The summed E-state index contributed by atoms with van der Waals surface area (Å²) < 4.78 is 0. The number of nitrogens with one attached hydrogen (secondary N) is 1. The fourth-order valence-electron chi connectivity index (χ4n) is 2.94. The van der Waals surface area contributed by atoms with E-state index in [2.05, 4.69) is 5.32 Å². The molecule has 0 aliphatic rings. The van der Waals surface area contributed by atoms with E-state index in [-0.39, 0.29) is 5.91 Å². The van der Waals surface area contributed by atoms with E-state index in [1.165, 1.54) is 0 Å². The van der Waals surface area contributed by atoms with Gasteiger partial charge in [-0.05, 0) is 30.3 Å². The summed E-state index contributed by atoms with van der Waals surface area (Å²) in [7, 11) is 0. The highest BCUT2D eigenvalue weighted by Gasteiger charge is 2.15. The van der Waals surface area contributed by atoms with E-state index in [0.717, 1.165) is 22.2 Å². The molecule has 27 heavy (non-hydrogen) atoms. The third-order valence-corrected chi connectivity index (χ3v) is 4.58. The summed E-state index contributed by atoms with van der Waals surface area (Å²) >= 11 is 6.20. The fourth-order valence-corrected chi connectivity index (χ4v) is 3.18. The molecule has 0 aliphatic heterocycles. The third-order valence-electron chi connectivity index (χ3n) is 4.27. The lowest BCUT2D eigenvalue weighted by Crippen LogP contribution is -2.13. The van der Waals surface area contributed by atoms with E-state index in [0.29, 0.717) is 22.0 Å². The molecule has 1 heterocycles. The summed E-state index contributed by atoms with van der Waals surface area (Å²) in [5.41, 5.74) is 9.75. The number of anilines is 2. The topological polar surface area (TPSA) is 68.0 Å². The van der Waals surface area contributed by atoms with Gasteiger partial charge in [-0.3, -0.25) is 4.79 Å². The first-order valence-electron chi connectivity index (χ1n) is 8.43. The van der Waals surface area contributed by atoms with Gasteiger partial charge in [-0.15, -0.1) is 0 Å². The molecule has 0 unspecified atom stereocenters. The number of amides is 1. The molecule has 1 aromatic heterocycles. The van der Waals surface area contributed by atoms with Gasteiger partial charge in [0.25, 0.3) is 5.91 Å². The smallest absolute Gasteiger partial charge is 0.256 e. The van der Waals surface area contributed by atoms with Gasteiger partial charge >= 0.3 is 0 Å². The molecule has 1 amide bonds. The molecule has 5 heteroatoms. The van der Waals surface area contributed by atoms with Crippen LogP contribution < -0.4 is 11.1 Å². The molecule has 4 rings (SSSR count). The van der Waals surface area contributed by atoms with Crippen LogP contribution in [0.25, 0.3) is 22.2 Å². The summed E-state index contributed by atoms with van der Waals surface area (Å²) in [5, 5.41) is 4.04. The molecule has 3 aromatic carbocycles. The zero-order chi connectivity index (χ0) is 18.8. The van der Waals surface area contributed by atoms with Crippen LogP contribution in [0.4, 0.5) is 11.4 Å². The van der Waals surface area contributed by atoms with Gasteiger partial charge in [0, 0.05) is 16.6 Å². The summed E-state index contributed by atoms with van der Waals surface area (Å²) in [6, 6.07) is 24.1. The maximum atomic E-state index is 13.0. The molecule has 0 saturated heterocycles. The van der Waals surface area contributed by atoms with Gasteiger partial charge < -0.3 is 11.1 Å². The van der Waals surface area contributed by atoms with Gasteiger partial charge in [0.1, 0.15) is 0 Å². The second-order valence-electron chi connectivity index (χ2n) is 6.13. The Bertz CT molecular complexity index is 1140. The normalized spacial score (nSPS) is 10.7. The van der Waals surface area contributed by atoms with Crippen LogP contribution in [-0.4, -0.2) is 10.9 Å². The SMILES string of the molecule is Nc1ccc(NC(=O)c2cc(-c3ccccc3)nc3ccccc23)c(Cl)c1. The fraction of sp³-hybridized carbons (Fsp3) is 0. The van der Waals surface area contributed by atoms with E-state index in [9.17, 15) is 4.79 Å². The van der Waals surface area contributed by atoms with E-state index in [1.807, 2.05) is 54.6 Å². The van der Waals surface area contributed by atoms with Gasteiger partial charge in [0.2, 0.25) is 0 Å². The molecule has 0 saturated carbocycles. The number of halogens is 1. The number of fused-ring (bicyclic) bond motifs is 1. The molecule has 132 valence electrons. The summed E-state index contributed by atoms with van der Waals surface area (Å²) in [6.45, 7) is 0. The molecule has 0 aliphatic carbocycles. The number of benzene rings is 3. The predicted molar refractivity (Wildman–Crippen MR) is 111 cm³/mol. The Balaban J connectivity index is 1.81. The Kier molecular flexibility index (Phi) is 4.48. The van der Waals surface area contributed by atoms with Crippen molar-refractivity contribution in [2.75, 3.05) is 11.1 Å². The number of nitrogen functional groups attached to an aromatic ring is 1. The molecule has 0 bridgehead atoms. The molecule has 0 radical (unpaired) electrons. The number of hydrogen-bond donors (Lipinski definition) is 2. The van der Waals surface area contributed by atoms with Gasteiger partial charge in [0.15, 0.2) is 0 Å². The number of carbonyl (C=O) groups is 1. The van der Waals surface area contributed by atoms with Gasteiger partial charge in [-0.2, -0.15) is 0 Å². The van der Waals surface area contributed by atoms with Gasteiger partial charge in [0.05, 0.1) is 27.5 Å². The Hall–Kier alpha value is -3.37. The second kappa shape index (κ2) is 7.09. The van der Waals surface area contributed by atoms with Crippen molar-refractivity contribution >= 4 is 39.8 Å². The molecular formula is C22H16ClN3O. The molecule has 3 N–H and O–H groups in total. The summed E-state index contributed by atoms with van der Waals surface area (Å²) in [5.74, 6) is -0.252. The van der Waals surface area contributed by atoms with Crippen LogP contribution in [0.1, 0.15) is 10.4 Å². The minimum absolute atomic E-state index is 0.252. The number of rotatable bonds is 3. The molecule has 4 nitrogen and oxygen atoms in total. The van der Waals surface area contributed by atoms with Crippen LogP contribution in [0, 0.1) is 0 Å². The molecule has 0 spiro atoms. The third kappa shape index (κ3) is 3.48. The van der Waals surface area contributed by atoms with Crippen molar-refractivity contribution in [3.63, 3.8) is 0 Å². The maximum Gasteiger partial charge on any atom is 0.256 e. The molecular weight excluding hydrogens is 358 g/mol. The van der Waals surface area contributed by atoms with Crippen molar-refractivity contribution in [3.8, 4) is 11.3 Å². The van der Waals surface area contributed by atoms with Crippen LogP contribution in [0.2, 0.25) is 5.02 Å². The van der Waals surface area contributed by atoms with Crippen molar-refractivity contribution in [1.29, 1.82) is 0 Å². The van der Waals surface area contributed by atoms with E-state index >= 15 is 0 Å². The van der Waals surface area contributed by atoms with Gasteiger partial charge in [-0.25, -0.2) is 4.98 Å². The number of aromatic nitrogens is 1. The Morgan fingerprint density at radius 3 is 2.44 bits per heavy atom. The first kappa shape index (κ1) is 17.1. The Labute approximate surface area is 161 Å². The van der Waals surface area contributed by atoms with E-state index in [4.69, 9.17) is 22.3 Å². The zero-order valence-electron chi connectivity index (χ0n) is 14.3. The van der Waals surface area contributed by atoms with Crippen LogP contribution >= 0.6 is 11.6 Å². The number of nitrogens with zero attached hydrogens (tertiary/aromatic N) is 1. The minimum Gasteiger partial charge on any atom is -0.399 e. The van der Waals surface area contributed by atoms with Crippen molar-refractivity contribution in [1.82, 2.24) is 4.98 Å². The molecule has 4 aromatic rings. The van der Waals surface area contributed by atoms with Crippen molar-refractivity contribution in [2.45, 2.75) is 0 Å². The standard InChI is InChI=1S/C22H16ClN3O/c23-18-12-15(24)10-11-20(18)26-22(27)17-13-21(14-6-2-1-3-7-14)25-19-9-5-4-8-16(17)19/h1-13H,24H2,(H,26,27). The van der Waals surface area contributed by atoms with Crippen molar-refractivity contribution < 1.29 is 4.79 Å². The lowest BCUT2D eigenvalue weighted by atomic mass is 10.0. The Morgan fingerprint density at radius 1 is 0.926 bits per heavy atom. The number of nitrogens with two attached hydrogens (primary N) is 1. The second-order valence-corrected chi connectivity index (χ2v) is 6.54. The van der Waals surface area contributed by atoms with E-state index < -0.39 is 0 Å². The van der Waals surface area contributed by atoms with Crippen LogP contribution in [0.15, 0.2) is 78.9 Å². The quantitative estimate of drug-likeness (QED) is 0.473. The minimum atomic E-state index is -0.252. The number of hydrogen-bond acceptors (Lipinski definition) is 3. The number of carbonyl (C=O) groups excluding carboxylic acids is 1. The van der Waals surface area contributed by atoms with E-state index in [1.54, 1.807) is 24.3 Å². The van der Waals surface area contributed by atoms with Gasteiger partial charge in [-0.1, -0.05) is 60.1 Å². The van der Waals surface area contributed by atoms with Crippen molar-refractivity contribution in [3.05, 3.63) is 89.4 Å². The Morgan fingerprint density at radius 2 is 1.67 bits per heavy atom. The molecule has 0 fully saturated rings. The lowest BCUT2D eigenvalue weighted by molar-refractivity contribution is 0.102. The maximum absolute atomic E-state index is 13.0. The lowest BCUT2D eigenvalue weighted by Gasteiger charge is -2.12. The summed E-state index contributed by atoms with van der Waals surface area (Å²) in [6.07, 6.45) is 0.